The molecule has 1 fully saturated rings. The zero-order chi connectivity index (χ0) is 28.0. The molecule has 2 N–H and O–H groups in total. The Morgan fingerprint density at radius 3 is 2.56 bits per heavy atom. The van der Waals surface area contributed by atoms with Gasteiger partial charge < -0.3 is 29.6 Å². The van der Waals surface area contributed by atoms with Crippen LogP contribution in [0.5, 0.6) is 11.5 Å². The number of carbonyl (C=O) groups excluding carboxylic acids is 1. The summed E-state index contributed by atoms with van der Waals surface area (Å²) in [5, 5.41) is 5.80. The number of nitrogens with zero attached hydrogens (tertiary/aromatic N) is 3. The van der Waals surface area contributed by atoms with E-state index in [9.17, 15) is 13.6 Å². The molecule has 3 heterocycles. The van der Waals surface area contributed by atoms with E-state index >= 15 is 0 Å². The Balaban J connectivity index is 1.40. The molecule has 4 rings (SSSR count). The molecular formula is C27H36BrF2N5O3Si. The van der Waals surface area contributed by atoms with E-state index in [0.29, 0.717) is 35.4 Å². The molecule has 1 aliphatic heterocycles. The van der Waals surface area contributed by atoms with E-state index in [4.69, 9.17) is 9.47 Å². The van der Waals surface area contributed by atoms with Crippen molar-refractivity contribution in [3.8, 4) is 11.5 Å². The maximum atomic E-state index is 15.0. The lowest BCUT2D eigenvalue weighted by atomic mass is 10.1. The largest absolute Gasteiger partial charge is 0.450 e. The van der Waals surface area contributed by atoms with Crippen LogP contribution in [0.25, 0.3) is 11.0 Å². The van der Waals surface area contributed by atoms with Gasteiger partial charge in [-0.25, -0.2) is 18.6 Å². The van der Waals surface area contributed by atoms with Gasteiger partial charge in [0.05, 0.1) is 5.39 Å². The van der Waals surface area contributed by atoms with Crippen LogP contribution in [0.4, 0.5) is 19.3 Å². The second kappa shape index (κ2) is 13.2. The third kappa shape index (κ3) is 8.23. The van der Waals surface area contributed by atoms with Gasteiger partial charge in [0.25, 0.3) is 0 Å². The van der Waals surface area contributed by atoms with Crippen LogP contribution in [0, 0.1) is 11.6 Å². The highest BCUT2D eigenvalue weighted by molar-refractivity contribution is 9.10. The van der Waals surface area contributed by atoms with Crippen LogP contribution in [0.3, 0.4) is 0 Å². The summed E-state index contributed by atoms with van der Waals surface area (Å²) in [5.74, 6) is -2.20. The molecular weight excluding hydrogens is 588 g/mol. The lowest BCUT2D eigenvalue weighted by Crippen LogP contribution is -2.39. The minimum absolute atomic E-state index is 0.00417. The number of nitrogens with one attached hydrogen (secondary N) is 2. The number of ether oxygens (including phenoxy) is 2. The number of hydrogen-bond donors (Lipinski definition) is 2. The molecule has 1 saturated heterocycles. The summed E-state index contributed by atoms with van der Waals surface area (Å²) in [7, 11) is -1.21. The molecule has 0 bridgehead atoms. The number of pyridine rings is 1. The third-order valence-corrected chi connectivity index (χ3v) is 8.84. The number of halogens is 3. The number of fused-ring (bicyclic) bond motifs is 1. The normalized spacial score (nSPS) is 14.5. The van der Waals surface area contributed by atoms with Crippen molar-refractivity contribution in [3.05, 3.63) is 46.7 Å². The molecule has 1 aliphatic rings. The van der Waals surface area contributed by atoms with Crippen LogP contribution in [-0.4, -0.2) is 61.3 Å². The van der Waals surface area contributed by atoms with Gasteiger partial charge in [-0.05, 0) is 54.0 Å². The number of hydrogen-bond acceptors (Lipinski definition) is 5. The summed E-state index contributed by atoms with van der Waals surface area (Å²) >= 11 is 3.51. The van der Waals surface area contributed by atoms with Crippen molar-refractivity contribution >= 4 is 46.8 Å². The quantitative estimate of drug-likeness (QED) is 0.182. The molecule has 0 aliphatic carbocycles. The summed E-state index contributed by atoms with van der Waals surface area (Å²) in [5.41, 5.74) is 0.559. The first-order valence-corrected chi connectivity index (χ1v) is 17.8. The number of amides is 2. The summed E-state index contributed by atoms with van der Waals surface area (Å²) in [6, 6.07) is 4.14. The fourth-order valence-electron chi connectivity index (χ4n) is 4.39. The van der Waals surface area contributed by atoms with E-state index in [1.54, 1.807) is 6.07 Å². The fraction of sp³-hybridized carbons (Fsp3) is 0.481. The lowest BCUT2D eigenvalue weighted by Gasteiger charge is -2.26. The maximum absolute atomic E-state index is 15.0. The predicted molar refractivity (Wildman–Crippen MR) is 155 cm³/mol. The van der Waals surface area contributed by atoms with Gasteiger partial charge in [-0.15, -0.1) is 0 Å². The third-order valence-electron chi connectivity index (χ3n) is 6.53. The maximum Gasteiger partial charge on any atom is 0.319 e. The van der Waals surface area contributed by atoms with Crippen molar-refractivity contribution in [2.45, 2.75) is 51.7 Å². The average molecular weight is 625 g/mol. The Morgan fingerprint density at radius 1 is 1.15 bits per heavy atom. The SMILES string of the molecule is C[Si](C)(C)CCOCn1cc(Br)c2c(Oc3c(F)cc(NC(=O)NCCN4CCCCC4)cc3F)ccnc21. The number of piperidine rings is 1. The zero-order valence-corrected chi connectivity index (χ0v) is 25.2. The van der Waals surface area contributed by atoms with Gasteiger partial charge in [-0.2, -0.15) is 0 Å². The van der Waals surface area contributed by atoms with Crippen LogP contribution in [0.15, 0.2) is 35.1 Å². The molecule has 8 nitrogen and oxygen atoms in total. The van der Waals surface area contributed by atoms with E-state index in [1.807, 2.05) is 10.8 Å². The van der Waals surface area contributed by atoms with Gasteiger partial charge >= 0.3 is 6.03 Å². The molecule has 0 atom stereocenters. The average Bonchev–Trinajstić information content (AvgIpc) is 3.20. The van der Waals surface area contributed by atoms with Crippen LogP contribution >= 0.6 is 15.9 Å². The molecule has 12 heteroatoms. The number of aromatic nitrogens is 2. The number of benzene rings is 1. The minimum atomic E-state index is -1.21. The van der Waals surface area contributed by atoms with E-state index in [2.05, 4.69) is 56.1 Å². The van der Waals surface area contributed by atoms with E-state index < -0.39 is 31.5 Å². The van der Waals surface area contributed by atoms with Crippen LogP contribution < -0.4 is 15.4 Å². The van der Waals surface area contributed by atoms with Crippen molar-refractivity contribution in [1.29, 1.82) is 0 Å². The van der Waals surface area contributed by atoms with Gasteiger partial charge in [-0.3, -0.25) is 0 Å². The summed E-state index contributed by atoms with van der Waals surface area (Å²) in [4.78, 5) is 18.9. The molecule has 1 aromatic carbocycles. The van der Waals surface area contributed by atoms with Crippen molar-refractivity contribution < 1.29 is 23.0 Å². The molecule has 2 amide bonds. The van der Waals surface area contributed by atoms with E-state index in [0.717, 1.165) is 37.8 Å². The Bertz CT molecular complexity index is 1270. The summed E-state index contributed by atoms with van der Waals surface area (Å²) < 4.78 is 44.0. The first-order chi connectivity index (χ1) is 18.6. The monoisotopic (exact) mass is 623 g/mol. The first kappa shape index (κ1) is 29.4. The van der Waals surface area contributed by atoms with E-state index in [1.165, 1.54) is 25.5 Å². The molecule has 0 radical (unpaired) electrons. The fourth-order valence-corrected chi connectivity index (χ4v) is 5.77. The van der Waals surface area contributed by atoms with Gasteiger partial charge in [0.15, 0.2) is 17.4 Å². The number of likely N-dealkylation sites (tertiary alicyclic amines) is 1. The van der Waals surface area contributed by atoms with Gasteiger partial charge in [0.1, 0.15) is 18.1 Å². The Labute approximate surface area is 237 Å². The number of rotatable bonds is 11. The number of carbonyl (C=O) groups is 1. The van der Waals surface area contributed by atoms with Crippen molar-refractivity contribution in [2.24, 2.45) is 0 Å². The van der Waals surface area contributed by atoms with Crippen LogP contribution in [0.1, 0.15) is 19.3 Å². The topological polar surface area (TPSA) is 80.6 Å². The van der Waals surface area contributed by atoms with Crippen molar-refractivity contribution in [3.63, 3.8) is 0 Å². The highest BCUT2D eigenvalue weighted by Crippen LogP contribution is 2.37. The molecule has 0 spiro atoms. The van der Waals surface area contributed by atoms with Crippen molar-refractivity contribution in [1.82, 2.24) is 19.8 Å². The van der Waals surface area contributed by atoms with Gasteiger partial charge in [-0.1, -0.05) is 26.1 Å². The summed E-state index contributed by atoms with van der Waals surface area (Å²) in [6.07, 6.45) is 6.90. The van der Waals surface area contributed by atoms with Crippen LogP contribution in [0.2, 0.25) is 25.7 Å². The summed E-state index contributed by atoms with van der Waals surface area (Å²) in [6.45, 7) is 11.1. The number of urea groups is 1. The van der Waals surface area contributed by atoms with Crippen LogP contribution in [-0.2, 0) is 11.5 Å². The smallest absolute Gasteiger partial charge is 0.319 e. The highest BCUT2D eigenvalue weighted by atomic mass is 79.9. The molecule has 0 saturated carbocycles. The first-order valence-electron chi connectivity index (χ1n) is 13.3. The number of anilines is 1. The Kier molecular flexibility index (Phi) is 9.97. The highest BCUT2D eigenvalue weighted by Gasteiger charge is 2.20. The van der Waals surface area contributed by atoms with Gasteiger partial charge in [0, 0.05) is 62.5 Å². The second-order valence-electron chi connectivity index (χ2n) is 11.0. The molecule has 2 aromatic heterocycles. The predicted octanol–water partition coefficient (Wildman–Crippen LogP) is 6.79. The Hall–Kier alpha value is -2.54. The lowest BCUT2D eigenvalue weighted by molar-refractivity contribution is 0.0898. The molecule has 212 valence electrons. The standard InChI is InChI=1S/C27H36BrF2N5O3Si/c1-39(2,3)14-13-37-18-35-17-20(28)24-23(7-8-31-26(24)35)38-25-21(29)15-19(16-22(25)30)33-27(36)32-9-12-34-10-5-4-6-11-34/h7-8,15-17H,4-6,9-14,18H2,1-3H3,(H2,32,33,36). The van der Waals surface area contributed by atoms with Gasteiger partial charge in [0.2, 0.25) is 0 Å². The second-order valence-corrected chi connectivity index (χ2v) is 17.4. The Morgan fingerprint density at radius 2 is 1.87 bits per heavy atom. The molecule has 0 unspecified atom stereocenters. The van der Waals surface area contributed by atoms with E-state index in [-0.39, 0.29) is 11.4 Å². The zero-order valence-electron chi connectivity index (χ0n) is 22.7. The molecule has 3 aromatic rings. The molecule has 39 heavy (non-hydrogen) atoms. The van der Waals surface area contributed by atoms with Crippen molar-refractivity contribution in [2.75, 3.05) is 38.1 Å². The minimum Gasteiger partial charge on any atom is -0.450 e.